The third-order valence-corrected chi connectivity index (χ3v) is 10.2. The first kappa shape index (κ1) is 24.9. The van der Waals surface area contributed by atoms with Crippen molar-refractivity contribution in [2.45, 2.75) is 43.9 Å². The molecule has 4 aromatic carbocycles. The highest BCUT2D eigenvalue weighted by Gasteiger charge is 2.53. The van der Waals surface area contributed by atoms with Crippen molar-refractivity contribution in [3.8, 4) is 45.0 Å². The van der Waals surface area contributed by atoms with Crippen LogP contribution in [0.25, 0.3) is 56.1 Å². The molecule has 0 radical (unpaired) electrons. The Hall–Kier alpha value is -4.64. The van der Waals surface area contributed by atoms with Crippen molar-refractivity contribution in [3.05, 3.63) is 109 Å². The molecule has 6 aromatic rings. The summed E-state index contributed by atoms with van der Waals surface area (Å²) in [5, 5.41) is 0. The Bertz CT molecular complexity index is 1910. The molecule has 0 spiro atoms. The molecule has 2 aromatic heterocycles. The van der Waals surface area contributed by atoms with Crippen LogP contribution < -0.4 is 0 Å². The number of nitrogens with zero attached hydrogens (tertiary/aromatic N) is 4. The average Bonchev–Trinajstić information content (AvgIpc) is 3.54. The molecule has 0 unspecified atom stereocenters. The molecule has 4 bridgehead atoms. The summed E-state index contributed by atoms with van der Waals surface area (Å²) in [5.41, 5.74) is 8.40. The molecule has 43 heavy (non-hydrogen) atoms. The predicted octanol–water partition coefficient (Wildman–Crippen LogP) is 9.15. The van der Waals surface area contributed by atoms with Crippen LogP contribution in [-0.4, -0.2) is 19.9 Å². The fourth-order valence-electron chi connectivity index (χ4n) is 8.62. The van der Waals surface area contributed by atoms with Gasteiger partial charge < -0.3 is 4.42 Å². The van der Waals surface area contributed by atoms with Crippen molar-refractivity contribution in [1.29, 1.82) is 0 Å². The number of benzene rings is 4. The summed E-state index contributed by atoms with van der Waals surface area (Å²) < 4.78 is 5.50. The topological polar surface area (TPSA) is 64.7 Å². The van der Waals surface area contributed by atoms with Crippen LogP contribution in [0, 0.1) is 17.8 Å². The van der Waals surface area contributed by atoms with Crippen LogP contribution in [0.4, 0.5) is 0 Å². The van der Waals surface area contributed by atoms with E-state index in [1.165, 1.54) is 44.9 Å². The molecule has 10 rings (SSSR count). The Morgan fingerprint density at radius 1 is 0.535 bits per heavy atom. The number of para-hydroxylation sites is 1. The van der Waals surface area contributed by atoms with Crippen molar-refractivity contribution < 1.29 is 4.42 Å². The van der Waals surface area contributed by atoms with Gasteiger partial charge in [0.05, 0.1) is 0 Å². The lowest BCUT2D eigenvalue weighted by Crippen LogP contribution is -2.49. The summed E-state index contributed by atoms with van der Waals surface area (Å²) in [6.07, 6.45) is 9.42. The van der Waals surface area contributed by atoms with Gasteiger partial charge in [-0.25, -0.2) is 19.9 Å². The zero-order valence-corrected chi connectivity index (χ0v) is 24.0. The summed E-state index contributed by atoms with van der Waals surface area (Å²) in [7, 11) is 0. The maximum Gasteiger partial charge on any atom is 0.182 e. The number of hydrogen-bond donors (Lipinski definition) is 0. The largest absolute Gasteiger partial charge is 0.443 e. The van der Waals surface area contributed by atoms with Gasteiger partial charge >= 0.3 is 0 Å². The monoisotopic (exact) mass is 560 g/mol. The summed E-state index contributed by atoms with van der Waals surface area (Å²) in [5.74, 6) is 5.10. The first-order valence-corrected chi connectivity index (χ1v) is 15.5. The highest BCUT2D eigenvalue weighted by Crippen LogP contribution is 2.60. The van der Waals surface area contributed by atoms with Crippen LogP contribution in [-0.2, 0) is 5.41 Å². The maximum atomic E-state index is 5.50. The summed E-state index contributed by atoms with van der Waals surface area (Å²) >= 11 is 0. The van der Waals surface area contributed by atoms with Gasteiger partial charge in [0.25, 0.3) is 0 Å². The highest BCUT2D eigenvalue weighted by atomic mass is 16.3. The van der Waals surface area contributed by atoms with E-state index in [0.717, 1.165) is 79.7 Å². The number of aromatic nitrogens is 4. The molecule has 5 nitrogen and oxygen atoms in total. The zero-order valence-electron chi connectivity index (χ0n) is 24.0. The third kappa shape index (κ3) is 4.29. The first-order valence-electron chi connectivity index (χ1n) is 15.5. The number of fused-ring (bicyclic) bond motifs is 1. The lowest BCUT2D eigenvalue weighted by Gasteiger charge is -2.56. The Morgan fingerprint density at radius 2 is 1.09 bits per heavy atom. The van der Waals surface area contributed by atoms with Crippen LogP contribution in [0.5, 0.6) is 0 Å². The van der Waals surface area contributed by atoms with Crippen molar-refractivity contribution in [2.75, 3.05) is 0 Å². The Labute approximate surface area is 251 Å². The molecule has 0 atom stereocenters. The molecule has 210 valence electrons. The molecule has 4 saturated carbocycles. The number of rotatable bonds is 5. The average molecular weight is 561 g/mol. The van der Waals surface area contributed by atoms with E-state index >= 15 is 0 Å². The molecule has 0 N–H and O–H groups in total. The Balaban J connectivity index is 1.06. The summed E-state index contributed by atoms with van der Waals surface area (Å²) in [6.45, 7) is 0. The van der Waals surface area contributed by atoms with Gasteiger partial charge in [-0.1, -0.05) is 91.0 Å². The molecular formula is C38H32N4O. The Morgan fingerprint density at radius 3 is 1.72 bits per heavy atom. The molecule has 4 aliphatic rings. The van der Waals surface area contributed by atoms with E-state index in [1.54, 1.807) is 0 Å². The predicted molar refractivity (Wildman–Crippen MR) is 169 cm³/mol. The lowest BCUT2D eigenvalue weighted by atomic mass is 9.49. The minimum absolute atomic E-state index is 0.105. The minimum atomic E-state index is 0.105. The van der Waals surface area contributed by atoms with Gasteiger partial charge in [-0.2, -0.15) is 0 Å². The second-order valence-corrected chi connectivity index (χ2v) is 13.0. The number of hydrogen-bond acceptors (Lipinski definition) is 5. The van der Waals surface area contributed by atoms with Crippen molar-refractivity contribution in [3.63, 3.8) is 0 Å². The van der Waals surface area contributed by atoms with Gasteiger partial charge in [0.15, 0.2) is 23.6 Å². The van der Waals surface area contributed by atoms with Gasteiger partial charge in [0.2, 0.25) is 0 Å². The highest BCUT2D eigenvalue weighted by molar-refractivity contribution is 5.91. The fourth-order valence-corrected chi connectivity index (χ4v) is 8.62. The van der Waals surface area contributed by atoms with Gasteiger partial charge in [0, 0.05) is 22.1 Å². The van der Waals surface area contributed by atoms with E-state index in [4.69, 9.17) is 19.4 Å². The van der Waals surface area contributed by atoms with Crippen molar-refractivity contribution >= 4 is 11.1 Å². The molecule has 5 heteroatoms. The van der Waals surface area contributed by atoms with E-state index in [1.807, 2.05) is 18.2 Å². The molecule has 4 aliphatic carbocycles. The summed E-state index contributed by atoms with van der Waals surface area (Å²) in [6, 6.07) is 33.8. The van der Waals surface area contributed by atoms with Gasteiger partial charge in [0.1, 0.15) is 11.3 Å². The zero-order chi connectivity index (χ0) is 28.4. The van der Waals surface area contributed by atoms with Crippen LogP contribution in [0.3, 0.4) is 0 Å². The van der Waals surface area contributed by atoms with Gasteiger partial charge in [-0.3, -0.25) is 0 Å². The molecular weight excluding hydrogens is 528 g/mol. The van der Waals surface area contributed by atoms with E-state index in [0.29, 0.717) is 0 Å². The smallest absolute Gasteiger partial charge is 0.182 e. The molecule has 4 fully saturated rings. The molecule has 0 amide bonds. The quantitative estimate of drug-likeness (QED) is 0.210. The molecule has 2 heterocycles. The van der Waals surface area contributed by atoms with Gasteiger partial charge in [-0.15, -0.1) is 0 Å². The fraction of sp³-hybridized carbons (Fsp3) is 0.263. The van der Waals surface area contributed by atoms with Crippen LogP contribution in [0.2, 0.25) is 0 Å². The molecule has 0 saturated heterocycles. The van der Waals surface area contributed by atoms with Gasteiger partial charge in [-0.05, 0) is 79.0 Å². The van der Waals surface area contributed by atoms with E-state index in [9.17, 15) is 0 Å². The number of oxazole rings is 1. The van der Waals surface area contributed by atoms with Crippen LogP contribution >= 0.6 is 0 Å². The third-order valence-electron chi connectivity index (χ3n) is 10.2. The van der Waals surface area contributed by atoms with Crippen molar-refractivity contribution in [1.82, 2.24) is 19.9 Å². The van der Waals surface area contributed by atoms with E-state index < -0.39 is 0 Å². The second kappa shape index (κ2) is 9.70. The minimum Gasteiger partial charge on any atom is -0.443 e. The first-order chi connectivity index (χ1) is 21.2. The van der Waals surface area contributed by atoms with Crippen LogP contribution in [0.1, 0.15) is 44.3 Å². The Kier molecular flexibility index (Phi) is 5.62. The molecule has 0 aliphatic heterocycles. The van der Waals surface area contributed by atoms with Crippen molar-refractivity contribution in [2.24, 2.45) is 17.8 Å². The van der Waals surface area contributed by atoms with E-state index in [2.05, 4.69) is 83.8 Å². The lowest BCUT2D eigenvalue weighted by molar-refractivity contribution is -0.00938. The van der Waals surface area contributed by atoms with E-state index in [-0.39, 0.29) is 5.41 Å². The normalized spacial score (nSPS) is 24.0. The second-order valence-electron chi connectivity index (χ2n) is 13.0. The SMILES string of the molecule is c1ccc(-c2nc(-c3ccc(-c4ccc(-c5cccc6ocnc56)cc4)cc3)nc(C34CC5CC(CC(C5)C3)C4)n2)cc1. The van der Waals surface area contributed by atoms with Crippen LogP contribution in [0.15, 0.2) is 108 Å². The maximum absolute atomic E-state index is 5.50. The summed E-state index contributed by atoms with van der Waals surface area (Å²) in [4.78, 5) is 19.9. The standard InChI is InChI=1S/C38H32N4O/c1-2-5-30(6-3-1)35-40-36(42-37(41-35)38-20-24-17-25(21-38)19-26(18-24)22-38)31-15-11-28(12-16-31)27-9-13-29(14-10-27)32-7-4-8-33-34(32)39-23-43-33/h1-16,23-26H,17-22H2.